The molecule has 5 atom stereocenters. The van der Waals surface area contributed by atoms with E-state index < -0.39 is 42.9 Å². The summed E-state index contributed by atoms with van der Waals surface area (Å²) in [6.45, 7) is 2.72. The molecule has 6 N–H and O–H groups in total. The van der Waals surface area contributed by atoms with Crippen molar-refractivity contribution in [1.82, 2.24) is 0 Å². The summed E-state index contributed by atoms with van der Waals surface area (Å²) in [5, 5.41) is 55.4. The molecule has 0 spiro atoms. The third kappa shape index (κ3) is 4.97. The normalized spacial score (nSPS) is 20.3. The Hall–Kier alpha value is -0.570. The summed E-state index contributed by atoms with van der Waals surface area (Å²) >= 11 is 0. The molecule has 0 aliphatic carbocycles. The average molecular weight is 266 g/mol. The molecular weight excluding hydrogens is 244 g/mol. The van der Waals surface area contributed by atoms with Crippen LogP contribution in [0.15, 0.2) is 0 Å². The molecule has 7 heteroatoms. The van der Waals surface area contributed by atoms with Crippen molar-refractivity contribution in [3.8, 4) is 0 Å². The minimum absolute atomic E-state index is 0.0462. The summed E-state index contributed by atoms with van der Waals surface area (Å²) in [7, 11) is 0. The Morgan fingerprint density at radius 2 is 1.44 bits per heavy atom. The van der Waals surface area contributed by atoms with Crippen molar-refractivity contribution < 1.29 is 35.4 Å². The van der Waals surface area contributed by atoms with Gasteiger partial charge in [-0.2, -0.15) is 0 Å². The average Bonchev–Trinajstić information content (AvgIpc) is 2.33. The topological polar surface area (TPSA) is 138 Å². The van der Waals surface area contributed by atoms with E-state index in [1.165, 1.54) is 0 Å². The standard InChI is InChI=1S/C11H22O7/c1-5(2)3-6(13)8(15)10(17)11(18)9(16)7(14)4-12/h5-10,12-17H,3-4H2,1-2H3/t6?,7-,8?,9-,10+/m1/s1. The van der Waals surface area contributed by atoms with Crippen LogP contribution < -0.4 is 0 Å². The lowest BCUT2D eigenvalue weighted by Crippen LogP contribution is -2.50. The maximum atomic E-state index is 11.4. The number of hydrogen-bond acceptors (Lipinski definition) is 7. The molecule has 0 heterocycles. The van der Waals surface area contributed by atoms with Gasteiger partial charge >= 0.3 is 0 Å². The van der Waals surface area contributed by atoms with Gasteiger partial charge in [-0.3, -0.25) is 4.79 Å². The lowest BCUT2D eigenvalue weighted by Gasteiger charge is -2.25. The van der Waals surface area contributed by atoms with Gasteiger partial charge in [0.05, 0.1) is 12.7 Å². The Bertz CT molecular complexity index is 256. The van der Waals surface area contributed by atoms with Crippen molar-refractivity contribution in [3.63, 3.8) is 0 Å². The molecule has 0 rings (SSSR count). The molecule has 0 aliphatic heterocycles. The number of carbonyl (C=O) groups excluding carboxylic acids is 1. The summed E-state index contributed by atoms with van der Waals surface area (Å²) in [4.78, 5) is 11.4. The molecule has 0 aromatic heterocycles. The van der Waals surface area contributed by atoms with Gasteiger partial charge in [0.2, 0.25) is 0 Å². The SMILES string of the molecule is CC(C)CC(O)C(O)[C@H](O)C(=O)[C@H](O)[C@H](O)CO. The molecule has 0 aromatic carbocycles. The zero-order valence-electron chi connectivity index (χ0n) is 10.5. The molecule has 0 amide bonds. The summed E-state index contributed by atoms with van der Waals surface area (Å²) in [6.07, 6.45) is -8.66. The smallest absolute Gasteiger partial charge is 0.195 e. The maximum absolute atomic E-state index is 11.4. The number of Topliss-reactive ketones (excluding diaryl/α,β-unsaturated/α-hetero) is 1. The second-order valence-electron chi connectivity index (χ2n) is 4.73. The first-order chi connectivity index (χ1) is 8.22. The zero-order chi connectivity index (χ0) is 14.5. The van der Waals surface area contributed by atoms with E-state index in [4.69, 9.17) is 10.2 Å². The van der Waals surface area contributed by atoms with E-state index in [1.807, 2.05) is 0 Å². The fourth-order valence-corrected chi connectivity index (χ4v) is 1.47. The third-order valence-corrected chi connectivity index (χ3v) is 2.57. The number of aliphatic hydroxyl groups is 6. The van der Waals surface area contributed by atoms with Crippen LogP contribution in [0, 0.1) is 5.92 Å². The van der Waals surface area contributed by atoms with Crippen LogP contribution in [0.5, 0.6) is 0 Å². The summed E-state index contributed by atoms with van der Waals surface area (Å²) < 4.78 is 0. The van der Waals surface area contributed by atoms with Crippen LogP contribution in [0.25, 0.3) is 0 Å². The maximum Gasteiger partial charge on any atom is 0.195 e. The molecule has 0 fully saturated rings. The molecule has 0 saturated heterocycles. The lowest BCUT2D eigenvalue weighted by atomic mass is 9.94. The molecule has 0 radical (unpaired) electrons. The van der Waals surface area contributed by atoms with E-state index in [9.17, 15) is 25.2 Å². The van der Waals surface area contributed by atoms with Crippen LogP contribution in [0.4, 0.5) is 0 Å². The van der Waals surface area contributed by atoms with Crippen LogP contribution in [0.3, 0.4) is 0 Å². The highest BCUT2D eigenvalue weighted by Gasteiger charge is 2.36. The predicted molar refractivity (Wildman–Crippen MR) is 61.6 cm³/mol. The Kier molecular flexibility index (Phi) is 7.53. The second-order valence-corrected chi connectivity index (χ2v) is 4.73. The molecular formula is C11H22O7. The van der Waals surface area contributed by atoms with E-state index in [1.54, 1.807) is 13.8 Å². The van der Waals surface area contributed by atoms with Gasteiger partial charge in [0.1, 0.15) is 24.4 Å². The number of ketones is 1. The Labute approximate surface area is 105 Å². The molecule has 0 saturated carbocycles. The van der Waals surface area contributed by atoms with E-state index in [2.05, 4.69) is 0 Å². The van der Waals surface area contributed by atoms with Gasteiger partial charge in [-0.05, 0) is 12.3 Å². The van der Waals surface area contributed by atoms with Gasteiger partial charge in [0.15, 0.2) is 5.78 Å². The van der Waals surface area contributed by atoms with Crippen LogP contribution >= 0.6 is 0 Å². The highest BCUT2D eigenvalue weighted by Crippen LogP contribution is 2.13. The Balaban J connectivity index is 4.53. The van der Waals surface area contributed by atoms with E-state index in [-0.39, 0.29) is 12.3 Å². The number of rotatable bonds is 8. The van der Waals surface area contributed by atoms with Crippen LogP contribution in [-0.2, 0) is 4.79 Å². The molecule has 0 bridgehead atoms. The molecule has 108 valence electrons. The van der Waals surface area contributed by atoms with Gasteiger partial charge in [0.25, 0.3) is 0 Å². The molecule has 0 aliphatic rings. The van der Waals surface area contributed by atoms with E-state index in [0.717, 1.165) is 0 Å². The van der Waals surface area contributed by atoms with Gasteiger partial charge in [-0.15, -0.1) is 0 Å². The summed E-state index contributed by atoms with van der Waals surface area (Å²) in [6, 6.07) is 0. The van der Waals surface area contributed by atoms with Crippen LogP contribution in [-0.4, -0.2) is 73.5 Å². The molecule has 18 heavy (non-hydrogen) atoms. The Morgan fingerprint density at radius 3 is 1.83 bits per heavy atom. The van der Waals surface area contributed by atoms with Gasteiger partial charge in [0, 0.05) is 0 Å². The van der Waals surface area contributed by atoms with E-state index in [0.29, 0.717) is 0 Å². The van der Waals surface area contributed by atoms with Gasteiger partial charge in [-0.25, -0.2) is 0 Å². The van der Waals surface area contributed by atoms with Gasteiger partial charge < -0.3 is 30.6 Å². The molecule has 2 unspecified atom stereocenters. The second kappa shape index (κ2) is 7.78. The minimum Gasteiger partial charge on any atom is -0.394 e. The van der Waals surface area contributed by atoms with E-state index >= 15 is 0 Å². The number of hydrogen-bond donors (Lipinski definition) is 6. The summed E-state index contributed by atoms with van der Waals surface area (Å²) in [5.41, 5.74) is 0. The first-order valence-electron chi connectivity index (χ1n) is 5.77. The predicted octanol–water partition coefficient (Wildman–Crippen LogP) is -2.60. The van der Waals surface area contributed by atoms with Crippen molar-refractivity contribution in [2.24, 2.45) is 5.92 Å². The van der Waals surface area contributed by atoms with Crippen molar-refractivity contribution in [2.75, 3.05) is 6.61 Å². The highest BCUT2D eigenvalue weighted by molar-refractivity contribution is 5.88. The van der Waals surface area contributed by atoms with Crippen LogP contribution in [0.2, 0.25) is 0 Å². The van der Waals surface area contributed by atoms with Crippen molar-refractivity contribution in [3.05, 3.63) is 0 Å². The minimum atomic E-state index is -2.02. The van der Waals surface area contributed by atoms with Gasteiger partial charge in [-0.1, -0.05) is 13.8 Å². The summed E-state index contributed by atoms with van der Waals surface area (Å²) in [5.74, 6) is -1.20. The van der Waals surface area contributed by atoms with Crippen molar-refractivity contribution in [2.45, 2.75) is 50.8 Å². The number of carbonyl (C=O) groups is 1. The fourth-order valence-electron chi connectivity index (χ4n) is 1.47. The first-order valence-corrected chi connectivity index (χ1v) is 5.77. The van der Waals surface area contributed by atoms with Crippen LogP contribution in [0.1, 0.15) is 20.3 Å². The largest absolute Gasteiger partial charge is 0.394 e. The monoisotopic (exact) mass is 266 g/mol. The first kappa shape index (κ1) is 17.4. The third-order valence-electron chi connectivity index (χ3n) is 2.57. The van der Waals surface area contributed by atoms with Crippen molar-refractivity contribution in [1.29, 1.82) is 0 Å². The Morgan fingerprint density at radius 1 is 0.944 bits per heavy atom. The zero-order valence-corrected chi connectivity index (χ0v) is 10.5. The van der Waals surface area contributed by atoms with Crippen molar-refractivity contribution >= 4 is 5.78 Å². The fraction of sp³-hybridized carbons (Fsp3) is 0.909. The highest BCUT2D eigenvalue weighted by atomic mass is 16.4. The molecule has 0 aromatic rings. The number of aliphatic hydroxyl groups excluding tert-OH is 6. The quantitative estimate of drug-likeness (QED) is 0.283. The lowest BCUT2D eigenvalue weighted by molar-refractivity contribution is -0.154. The molecule has 7 nitrogen and oxygen atoms in total.